The van der Waals surface area contributed by atoms with E-state index < -0.39 is 5.97 Å². The highest BCUT2D eigenvalue weighted by Gasteiger charge is 2.12. The van der Waals surface area contributed by atoms with Crippen LogP contribution in [0, 0.1) is 0 Å². The van der Waals surface area contributed by atoms with Crippen LogP contribution in [-0.4, -0.2) is 16.1 Å². The first-order valence-electron chi connectivity index (χ1n) is 5.17. The molecule has 3 aromatic heterocycles. The molecule has 96 valence electrons. The summed E-state index contributed by atoms with van der Waals surface area (Å²) in [5.74, 6) is -0.914. The lowest BCUT2D eigenvalue weighted by Gasteiger charge is -1.89. The topological polar surface area (TPSA) is 50.2 Å². The molecule has 0 aliphatic carbocycles. The summed E-state index contributed by atoms with van der Waals surface area (Å²) in [7, 11) is 0. The molecular weight excluding hydrogens is 322 g/mol. The third-order valence-electron chi connectivity index (χ3n) is 2.39. The van der Waals surface area contributed by atoms with E-state index in [9.17, 15) is 4.79 Å². The molecular formula is C12H6ClNO2S3. The number of nitrogens with zero attached hydrogens (tertiary/aromatic N) is 1. The Morgan fingerprint density at radius 2 is 2.05 bits per heavy atom. The number of halogens is 1. The molecule has 0 radical (unpaired) electrons. The van der Waals surface area contributed by atoms with Crippen LogP contribution < -0.4 is 0 Å². The van der Waals surface area contributed by atoms with Gasteiger partial charge in [0.2, 0.25) is 0 Å². The van der Waals surface area contributed by atoms with Crippen LogP contribution >= 0.6 is 45.6 Å². The number of hydrogen-bond acceptors (Lipinski definition) is 5. The summed E-state index contributed by atoms with van der Waals surface area (Å²) in [6.45, 7) is 0. The molecule has 0 aromatic carbocycles. The molecule has 0 spiro atoms. The van der Waals surface area contributed by atoms with Crippen LogP contribution in [0.25, 0.3) is 20.5 Å². The number of carboxylic acids is 1. The van der Waals surface area contributed by atoms with Crippen LogP contribution in [0.15, 0.2) is 29.0 Å². The van der Waals surface area contributed by atoms with E-state index in [2.05, 4.69) is 4.98 Å². The average molecular weight is 328 g/mol. The van der Waals surface area contributed by atoms with E-state index in [1.807, 2.05) is 17.5 Å². The van der Waals surface area contributed by atoms with E-state index in [0.29, 0.717) is 5.56 Å². The van der Waals surface area contributed by atoms with Crippen LogP contribution in [0.1, 0.15) is 10.4 Å². The second-order valence-corrected chi connectivity index (χ2v) is 7.13. The average Bonchev–Trinajstić information content (AvgIpc) is 3.07. The minimum atomic E-state index is -0.914. The van der Waals surface area contributed by atoms with Gasteiger partial charge in [-0.2, -0.15) is 0 Å². The van der Waals surface area contributed by atoms with E-state index in [4.69, 9.17) is 16.7 Å². The number of thiophene rings is 2. The number of aromatic nitrogens is 1. The summed E-state index contributed by atoms with van der Waals surface area (Å²) >= 11 is 10.3. The predicted molar refractivity (Wildman–Crippen MR) is 80.7 cm³/mol. The van der Waals surface area contributed by atoms with Gasteiger partial charge in [-0.15, -0.1) is 34.0 Å². The minimum absolute atomic E-state index is 0.300. The highest BCUT2D eigenvalue weighted by Crippen LogP contribution is 2.36. The second-order valence-electron chi connectivity index (χ2n) is 3.65. The van der Waals surface area contributed by atoms with Crippen LogP contribution in [0.2, 0.25) is 4.34 Å². The normalized spacial score (nSPS) is 10.8. The Hall–Kier alpha value is -1.21. The van der Waals surface area contributed by atoms with Crippen molar-refractivity contribution in [3.8, 4) is 20.5 Å². The molecule has 1 N–H and O–H groups in total. The zero-order chi connectivity index (χ0) is 13.4. The van der Waals surface area contributed by atoms with Gasteiger partial charge < -0.3 is 5.11 Å². The summed E-state index contributed by atoms with van der Waals surface area (Å²) in [5, 5.41) is 13.4. The first-order chi connectivity index (χ1) is 9.13. The van der Waals surface area contributed by atoms with Gasteiger partial charge in [-0.1, -0.05) is 11.6 Å². The van der Waals surface area contributed by atoms with Crippen molar-refractivity contribution in [1.29, 1.82) is 0 Å². The fourth-order valence-electron chi connectivity index (χ4n) is 1.51. The summed E-state index contributed by atoms with van der Waals surface area (Å²) in [4.78, 5) is 17.3. The lowest BCUT2D eigenvalue weighted by molar-refractivity contribution is 0.0697. The van der Waals surface area contributed by atoms with Crippen LogP contribution in [0.3, 0.4) is 0 Å². The van der Waals surface area contributed by atoms with Crippen LogP contribution in [0.4, 0.5) is 0 Å². The van der Waals surface area contributed by atoms with Crippen molar-refractivity contribution in [3.63, 3.8) is 0 Å². The monoisotopic (exact) mass is 327 g/mol. The van der Waals surface area contributed by atoms with E-state index >= 15 is 0 Å². The summed E-state index contributed by atoms with van der Waals surface area (Å²) in [6.07, 6.45) is 0. The van der Waals surface area contributed by atoms with Gasteiger partial charge in [-0.05, 0) is 18.2 Å². The molecule has 0 atom stereocenters. The maximum Gasteiger partial charge on any atom is 0.336 e. The molecule has 19 heavy (non-hydrogen) atoms. The number of hydrogen-bond donors (Lipinski definition) is 1. The second kappa shape index (κ2) is 5.05. The first-order valence-corrected chi connectivity index (χ1v) is 8.12. The van der Waals surface area contributed by atoms with Gasteiger partial charge in [-0.25, -0.2) is 9.78 Å². The van der Waals surface area contributed by atoms with Crippen molar-refractivity contribution in [1.82, 2.24) is 4.98 Å². The Balaban J connectivity index is 1.94. The van der Waals surface area contributed by atoms with Gasteiger partial charge in [0.25, 0.3) is 0 Å². The number of aromatic carboxylic acids is 1. The van der Waals surface area contributed by atoms with E-state index in [1.165, 1.54) is 34.0 Å². The molecule has 3 aromatic rings. The Bertz CT molecular complexity index is 744. The van der Waals surface area contributed by atoms with Crippen molar-refractivity contribution >= 4 is 51.6 Å². The number of carboxylic acid groups (broad SMARTS) is 1. The van der Waals surface area contributed by atoms with Gasteiger partial charge >= 0.3 is 5.97 Å². The molecule has 3 heterocycles. The molecule has 0 saturated carbocycles. The Morgan fingerprint density at radius 3 is 2.68 bits per heavy atom. The van der Waals surface area contributed by atoms with Crippen molar-refractivity contribution in [2.24, 2.45) is 0 Å². The number of rotatable bonds is 3. The maximum absolute atomic E-state index is 10.9. The molecule has 0 unspecified atom stereocenters. The van der Waals surface area contributed by atoms with Crippen LogP contribution in [0.5, 0.6) is 0 Å². The summed E-state index contributed by atoms with van der Waals surface area (Å²) in [5.41, 5.74) is 1.11. The van der Waals surface area contributed by atoms with Crippen molar-refractivity contribution < 1.29 is 9.90 Å². The molecule has 0 aliphatic rings. The zero-order valence-corrected chi connectivity index (χ0v) is 12.5. The SMILES string of the molecule is O=C(O)c1csc(-c2csc(-c3ccc(Cl)s3)n2)c1. The Labute approximate surface area is 125 Å². The largest absolute Gasteiger partial charge is 0.478 e. The van der Waals surface area contributed by atoms with Crippen LogP contribution in [-0.2, 0) is 0 Å². The highest BCUT2D eigenvalue weighted by molar-refractivity contribution is 7.23. The Kier molecular flexibility index (Phi) is 3.40. The van der Waals surface area contributed by atoms with Gasteiger partial charge in [0.05, 0.1) is 25.3 Å². The molecule has 0 saturated heterocycles. The summed E-state index contributed by atoms with van der Waals surface area (Å²) < 4.78 is 0.732. The highest BCUT2D eigenvalue weighted by atomic mass is 35.5. The molecule has 7 heteroatoms. The van der Waals surface area contributed by atoms with Crippen molar-refractivity contribution in [2.75, 3.05) is 0 Å². The first kappa shape index (κ1) is 12.8. The van der Waals surface area contributed by atoms with E-state index in [0.717, 1.165) is 24.8 Å². The van der Waals surface area contributed by atoms with E-state index in [-0.39, 0.29) is 0 Å². The van der Waals surface area contributed by atoms with Gasteiger partial charge in [0.1, 0.15) is 5.01 Å². The molecule has 3 nitrogen and oxygen atoms in total. The Morgan fingerprint density at radius 1 is 1.21 bits per heavy atom. The lowest BCUT2D eigenvalue weighted by atomic mass is 10.3. The van der Waals surface area contributed by atoms with Crippen molar-refractivity contribution in [3.05, 3.63) is 38.9 Å². The van der Waals surface area contributed by atoms with Crippen molar-refractivity contribution in [2.45, 2.75) is 0 Å². The molecule has 0 amide bonds. The van der Waals surface area contributed by atoms with Gasteiger partial charge in [0, 0.05) is 10.8 Å². The zero-order valence-electron chi connectivity index (χ0n) is 9.29. The van der Waals surface area contributed by atoms with Gasteiger partial charge in [0.15, 0.2) is 0 Å². The molecule has 0 bridgehead atoms. The minimum Gasteiger partial charge on any atom is -0.478 e. The molecule has 3 rings (SSSR count). The van der Waals surface area contributed by atoms with Gasteiger partial charge in [-0.3, -0.25) is 0 Å². The quantitative estimate of drug-likeness (QED) is 0.740. The number of thiazole rings is 1. The predicted octanol–water partition coefficient (Wildman–Crippen LogP) is 4.95. The lowest BCUT2D eigenvalue weighted by Crippen LogP contribution is -1.91. The molecule has 0 aliphatic heterocycles. The standard InChI is InChI=1S/C12H6ClNO2S3/c13-10-2-1-8(19-10)11-14-7(5-18-11)9-3-6(4-17-9)12(15)16/h1-5H,(H,15,16). The third kappa shape index (κ3) is 2.57. The fourth-order valence-corrected chi connectivity index (χ4v) is 4.36. The smallest absolute Gasteiger partial charge is 0.336 e. The molecule has 0 fully saturated rings. The third-order valence-corrected chi connectivity index (χ3v) is 5.58. The van der Waals surface area contributed by atoms with E-state index in [1.54, 1.807) is 11.4 Å². The summed E-state index contributed by atoms with van der Waals surface area (Å²) in [6, 6.07) is 5.43. The number of carbonyl (C=O) groups is 1. The maximum atomic E-state index is 10.9. The fraction of sp³-hybridized carbons (Fsp3) is 0.